The third-order valence-corrected chi connectivity index (χ3v) is 8.97. The Balaban J connectivity index is 0.000000265. The lowest BCUT2D eigenvalue weighted by Gasteiger charge is -2.26. The molecule has 53 heavy (non-hydrogen) atoms. The summed E-state index contributed by atoms with van der Waals surface area (Å²) in [7, 11) is 0. The van der Waals surface area contributed by atoms with Crippen molar-refractivity contribution in [3.8, 4) is 22.3 Å². The molecule has 8 rings (SSSR count). The quantitative estimate of drug-likeness (QED) is 0.157. The number of nitrogens with zero attached hydrogens (tertiary/aromatic N) is 1. The van der Waals surface area contributed by atoms with Crippen molar-refractivity contribution in [2.45, 2.75) is 41.0 Å². The fraction of sp³-hybridized carbons (Fsp3) is 0.115. The number of hydrogen-bond acceptors (Lipinski definition) is 1. The number of fused-ring (bicyclic) bond motifs is 2. The highest BCUT2D eigenvalue weighted by atomic mass is 15.1. The molecule has 1 nitrogen and oxygen atoms in total. The molecule has 0 amide bonds. The SMILES string of the molecule is C=CC.CC.CCc1cccc2ccccc12.Cc1ccc(-c2ccc(N(c3cccc(-c4ccccc4)c3)c3ccc4ccccc4c3)cc2)cc1. The maximum atomic E-state index is 3.36. The van der Waals surface area contributed by atoms with Crippen molar-refractivity contribution in [2.75, 3.05) is 4.90 Å². The van der Waals surface area contributed by atoms with E-state index in [1.54, 1.807) is 6.08 Å². The van der Waals surface area contributed by atoms with E-state index in [0.717, 1.165) is 23.5 Å². The summed E-state index contributed by atoms with van der Waals surface area (Å²) in [6, 6.07) is 67.2. The van der Waals surface area contributed by atoms with Gasteiger partial charge in [0.15, 0.2) is 0 Å². The van der Waals surface area contributed by atoms with Gasteiger partial charge >= 0.3 is 0 Å². The molecule has 0 saturated heterocycles. The zero-order valence-corrected chi connectivity index (χ0v) is 31.8. The molecular formula is C52H51N. The highest BCUT2D eigenvalue weighted by Gasteiger charge is 2.14. The molecule has 0 fully saturated rings. The van der Waals surface area contributed by atoms with Gasteiger partial charge < -0.3 is 4.90 Å². The molecular weight excluding hydrogens is 639 g/mol. The minimum Gasteiger partial charge on any atom is -0.310 e. The van der Waals surface area contributed by atoms with E-state index in [-0.39, 0.29) is 0 Å². The van der Waals surface area contributed by atoms with E-state index in [4.69, 9.17) is 0 Å². The molecule has 0 heterocycles. The maximum Gasteiger partial charge on any atom is 0.0468 e. The molecule has 0 spiro atoms. The van der Waals surface area contributed by atoms with Crippen LogP contribution in [-0.4, -0.2) is 0 Å². The first kappa shape index (κ1) is 38.1. The zero-order valence-electron chi connectivity index (χ0n) is 31.8. The summed E-state index contributed by atoms with van der Waals surface area (Å²) in [5.74, 6) is 0. The van der Waals surface area contributed by atoms with Gasteiger partial charge in [-0.05, 0) is 106 Å². The van der Waals surface area contributed by atoms with Crippen LogP contribution in [0, 0.1) is 6.92 Å². The van der Waals surface area contributed by atoms with Gasteiger partial charge in [0.2, 0.25) is 0 Å². The predicted octanol–water partition coefficient (Wildman–Crippen LogP) is 15.6. The summed E-state index contributed by atoms with van der Waals surface area (Å²) in [5.41, 5.74) is 11.0. The third-order valence-electron chi connectivity index (χ3n) is 8.97. The van der Waals surface area contributed by atoms with Crippen LogP contribution in [0.25, 0.3) is 43.8 Å². The standard InChI is InChI=1S/C35H27N.C12H12.C3H6.C2H6/c1-26-14-16-29(17-15-26)30-18-21-33(22-19-30)36(35-23-20-28-10-5-6-11-31(28)25-35)34-13-7-12-32(24-34)27-8-3-2-4-9-27;1-2-10-7-5-8-11-6-3-4-9-12(10)11;1-3-2;1-2/h2-25H,1H3;3-9H,2H2,1H3;3H,1H2,2H3;1-2H3. The van der Waals surface area contributed by atoms with Gasteiger partial charge in [-0.25, -0.2) is 0 Å². The van der Waals surface area contributed by atoms with Crippen LogP contribution in [0.5, 0.6) is 0 Å². The van der Waals surface area contributed by atoms with E-state index in [1.165, 1.54) is 54.9 Å². The fourth-order valence-electron chi connectivity index (χ4n) is 6.37. The molecule has 0 N–H and O–H groups in total. The highest BCUT2D eigenvalue weighted by molar-refractivity contribution is 5.90. The summed E-state index contributed by atoms with van der Waals surface area (Å²) in [4.78, 5) is 2.35. The molecule has 1 heteroatoms. The number of anilines is 3. The Morgan fingerprint density at radius 1 is 0.453 bits per heavy atom. The molecule has 0 radical (unpaired) electrons. The second kappa shape index (κ2) is 19.4. The highest BCUT2D eigenvalue weighted by Crippen LogP contribution is 2.38. The number of hydrogen-bond donors (Lipinski definition) is 0. The second-order valence-corrected chi connectivity index (χ2v) is 12.6. The number of benzene rings is 8. The van der Waals surface area contributed by atoms with Gasteiger partial charge in [-0.1, -0.05) is 184 Å². The van der Waals surface area contributed by atoms with Crippen LogP contribution < -0.4 is 4.90 Å². The van der Waals surface area contributed by atoms with E-state index in [1.807, 2.05) is 20.8 Å². The first-order valence-electron chi connectivity index (χ1n) is 18.7. The molecule has 0 atom stereocenters. The van der Waals surface area contributed by atoms with E-state index >= 15 is 0 Å². The van der Waals surface area contributed by atoms with Gasteiger partial charge in [-0.2, -0.15) is 0 Å². The van der Waals surface area contributed by atoms with Crippen LogP contribution >= 0.6 is 0 Å². The summed E-state index contributed by atoms with van der Waals surface area (Å²) in [5, 5.41) is 5.21. The number of allylic oxidation sites excluding steroid dienone is 1. The van der Waals surface area contributed by atoms with Crippen molar-refractivity contribution in [2.24, 2.45) is 0 Å². The van der Waals surface area contributed by atoms with E-state index in [2.05, 4.69) is 213 Å². The van der Waals surface area contributed by atoms with Crippen LogP contribution in [0.4, 0.5) is 17.1 Å². The summed E-state index contributed by atoms with van der Waals surface area (Å²) in [6.45, 7) is 13.6. The first-order valence-corrected chi connectivity index (χ1v) is 18.7. The summed E-state index contributed by atoms with van der Waals surface area (Å²) in [6.07, 6.45) is 2.86. The summed E-state index contributed by atoms with van der Waals surface area (Å²) < 4.78 is 0. The lowest BCUT2D eigenvalue weighted by Crippen LogP contribution is -2.10. The van der Waals surface area contributed by atoms with Gasteiger partial charge in [0, 0.05) is 17.1 Å². The Kier molecular flexibility index (Phi) is 14.0. The minimum atomic E-state index is 1.11. The predicted molar refractivity (Wildman–Crippen MR) is 235 cm³/mol. The van der Waals surface area contributed by atoms with Crippen LogP contribution in [0.1, 0.15) is 38.8 Å². The normalized spacial score (nSPS) is 10.1. The molecule has 0 bridgehead atoms. The molecule has 0 saturated carbocycles. The number of rotatable bonds is 6. The average Bonchev–Trinajstić information content (AvgIpc) is 3.23. The van der Waals surface area contributed by atoms with Crippen LogP contribution in [0.15, 0.2) is 201 Å². The molecule has 0 aliphatic rings. The second-order valence-electron chi connectivity index (χ2n) is 12.6. The van der Waals surface area contributed by atoms with Crippen LogP contribution in [0.2, 0.25) is 0 Å². The molecule has 8 aromatic carbocycles. The Bertz CT molecular complexity index is 2310. The Labute approximate surface area is 317 Å². The van der Waals surface area contributed by atoms with Gasteiger partial charge in [-0.15, -0.1) is 6.58 Å². The molecule has 0 unspecified atom stereocenters. The van der Waals surface area contributed by atoms with Crippen molar-refractivity contribution in [3.63, 3.8) is 0 Å². The van der Waals surface area contributed by atoms with Gasteiger partial charge in [-0.3, -0.25) is 0 Å². The van der Waals surface area contributed by atoms with Crippen molar-refractivity contribution in [1.82, 2.24) is 0 Å². The van der Waals surface area contributed by atoms with Crippen molar-refractivity contribution >= 4 is 38.6 Å². The molecule has 264 valence electrons. The lowest BCUT2D eigenvalue weighted by molar-refractivity contribution is 1.16. The third kappa shape index (κ3) is 9.79. The maximum absolute atomic E-state index is 3.36. The molecule has 0 aromatic heterocycles. The van der Waals surface area contributed by atoms with E-state index in [9.17, 15) is 0 Å². The monoisotopic (exact) mass is 689 g/mol. The van der Waals surface area contributed by atoms with Crippen LogP contribution in [-0.2, 0) is 6.42 Å². The van der Waals surface area contributed by atoms with E-state index in [0.29, 0.717) is 0 Å². The molecule has 0 aliphatic carbocycles. The fourth-order valence-corrected chi connectivity index (χ4v) is 6.37. The van der Waals surface area contributed by atoms with Gasteiger partial charge in [0.25, 0.3) is 0 Å². The summed E-state index contributed by atoms with van der Waals surface area (Å²) >= 11 is 0. The van der Waals surface area contributed by atoms with Crippen LogP contribution in [0.3, 0.4) is 0 Å². The topological polar surface area (TPSA) is 3.24 Å². The average molecular weight is 690 g/mol. The lowest BCUT2D eigenvalue weighted by atomic mass is 10.0. The van der Waals surface area contributed by atoms with E-state index < -0.39 is 0 Å². The molecule has 8 aromatic rings. The smallest absolute Gasteiger partial charge is 0.0468 e. The van der Waals surface area contributed by atoms with Gasteiger partial charge in [0.05, 0.1) is 0 Å². The van der Waals surface area contributed by atoms with Crippen molar-refractivity contribution in [1.29, 1.82) is 0 Å². The van der Waals surface area contributed by atoms with Crippen molar-refractivity contribution in [3.05, 3.63) is 212 Å². The Morgan fingerprint density at radius 3 is 1.62 bits per heavy atom. The van der Waals surface area contributed by atoms with Gasteiger partial charge in [0.1, 0.15) is 0 Å². The van der Waals surface area contributed by atoms with Crippen molar-refractivity contribution < 1.29 is 0 Å². The largest absolute Gasteiger partial charge is 0.310 e. The first-order chi connectivity index (χ1) is 26.1. The minimum absolute atomic E-state index is 1.11. The number of aryl methyl sites for hydroxylation is 2. The zero-order chi connectivity index (χ0) is 37.4. The Hall–Kier alpha value is -6.18. The Morgan fingerprint density at radius 2 is 0.943 bits per heavy atom. The molecule has 0 aliphatic heterocycles.